The summed E-state index contributed by atoms with van der Waals surface area (Å²) in [6, 6.07) is 7.64. The number of fused-ring (bicyclic) bond motifs is 1. The van der Waals surface area contributed by atoms with Crippen molar-refractivity contribution in [1.82, 2.24) is 5.32 Å². The van der Waals surface area contributed by atoms with Gasteiger partial charge in [-0.05, 0) is 62.3 Å². The Hall–Kier alpha value is -1.08. The summed E-state index contributed by atoms with van der Waals surface area (Å²) < 4.78 is 0. The predicted molar refractivity (Wildman–Crippen MR) is 83.5 cm³/mol. The zero-order chi connectivity index (χ0) is 13.5. The summed E-state index contributed by atoms with van der Waals surface area (Å²) in [6.45, 7) is 3.78. The normalized spacial score (nSPS) is 15.2. The van der Waals surface area contributed by atoms with Crippen molar-refractivity contribution in [2.45, 2.75) is 57.4 Å². The Morgan fingerprint density at radius 3 is 2.84 bits per heavy atom. The van der Waals surface area contributed by atoms with E-state index >= 15 is 0 Å². The highest BCUT2D eigenvalue weighted by Crippen LogP contribution is 2.27. The van der Waals surface area contributed by atoms with Gasteiger partial charge in [0.2, 0.25) is 0 Å². The van der Waals surface area contributed by atoms with Gasteiger partial charge in [0, 0.05) is 6.04 Å². The minimum Gasteiger partial charge on any atom is -0.313 e. The first kappa shape index (κ1) is 14.3. The average Bonchev–Trinajstić information content (AvgIpc) is 2.90. The topological polar surface area (TPSA) is 12.0 Å². The van der Waals surface area contributed by atoms with Gasteiger partial charge >= 0.3 is 0 Å². The number of benzene rings is 1. The average molecular weight is 257 g/mol. The summed E-state index contributed by atoms with van der Waals surface area (Å²) in [4.78, 5) is 0. The fraction of sp³-hybridized carbons (Fsp3) is 0.556. The van der Waals surface area contributed by atoms with Gasteiger partial charge in [-0.3, -0.25) is 0 Å². The second-order valence-corrected chi connectivity index (χ2v) is 5.65. The van der Waals surface area contributed by atoms with Crippen molar-refractivity contribution in [3.05, 3.63) is 47.5 Å². The minimum atomic E-state index is 0.523. The first-order chi connectivity index (χ1) is 9.35. The largest absolute Gasteiger partial charge is 0.313 e. The number of aryl methyl sites for hydroxylation is 2. The van der Waals surface area contributed by atoms with Gasteiger partial charge in [0.25, 0.3) is 0 Å². The monoisotopic (exact) mass is 257 g/mol. The summed E-state index contributed by atoms with van der Waals surface area (Å²) in [6.07, 6.45) is 12.2. The molecule has 0 spiro atoms. The van der Waals surface area contributed by atoms with Crippen LogP contribution in [0.3, 0.4) is 0 Å². The van der Waals surface area contributed by atoms with Crippen molar-refractivity contribution < 1.29 is 0 Å². The van der Waals surface area contributed by atoms with E-state index in [4.69, 9.17) is 0 Å². The lowest BCUT2D eigenvalue weighted by Crippen LogP contribution is -2.16. The Kier molecular flexibility index (Phi) is 5.65. The molecule has 1 atom stereocenters. The van der Waals surface area contributed by atoms with Crippen LogP contribution in [-0.4, -0.2) is 7.05 Å². The maximum atomic E-state index is 3.78. The molecule has 0 saturated carbocycles. The summed E-state index contributed by atoms with van der Waals surface area (Å²) in [5.74, 6) is 0. The molecule has 1 aromatic rings. The van der Waals surface area contributed by atoms with E-state index in [1.165, 1.54) is 50.5 Å². The quantitative estimate of drug-likeness (QED) is 0.531. The molecule has 0 aromatic heterocycles. The van der Waals surface area contributed by atoms with Crippen molar-refractivity contribution in [2.24, 2.45) is 0 Å². The van der Waals surface area contributed by atoms with Gasteiger partial charge in [-0.25, -0.2) is 0 Å². The van der Waals surface area contributed by atoms with Crippen molar-refractivity contribution >= 4 is 0 Å². The maximum absolute atomic E-state index is 3.78. The lowest BCUT2D eigenvalue weighted by molar-refractivity contribution is 0.507. The Morgan fingerprint density at radius 2 is 2.05 bits per heavy atom. The smallest absolute Gasteiger partial charge is 0.0317 e. The van der Waals surface area contributed by atoms with Crippen LogP contribution in [0.15, 0.2) is 30.9 Å². The SMILES string of the molecule is C=CCCCCCC(NC)c1ccc2c(c1)CCC2. The number of allylic oxidation sites excluding steroid dienone is 1. The molecule has 1 aliphatic carbocycles. The zero-order valence-electron chi connectivity index (χ0n) is 12.3. The molecular formula is C18H27N. The van der Waals surface area contributed by atoms with Crippen molar-refractivity contribution in [1.29, 1.82) is 0 Å². The standard InChI is InChI=1S/C18H27N/c1-3-4-5-6-7-11-18(19-2)17-13-12-15-9-8-10-16(15)14-17/h3,12-14,18-19H,1,4-11H2,2H3. The molecule has 1 nitrogen and oxygen atoms in total. The van der Waals surface area contributed by atoms with Gasteiger partial charge in [0.05, 0.1) is 0 Å². The molecule has 104 valence electrons. The molecule has 1 aliphatic rings. The third-order valence-electron chi connectivity index (χ3n) is 4.27. The predicted octanol–water partition coefficient (Wildman–Crippen LogP) is 4.57. The van der Waals surface area contributed by atoms with Crippen LogP contribution in [0, 0.1) is 0 Å². The fourth-order valence-corrected chi connectivity index (χ4v) is 3.10. The van der Waals surface area contributed by atoms with E-state index in [0.717, 1.165) is 6.42 Å². The van der Waals surface area contributed by atoms with Crippen LogP contribution >= 0.6 is 0 Å². The van der Waals surface area contributed by atoms with Crippen molar-refractivity contribution in [2.75, 3.05) is 7.05 Å². The van der Waals surface area contributed by atoms with Crippen LogP contribution in [0.5, 0.6) is 0 Å². The molecular weight excluding hydrogens is 230 g/mol. The zero-order valence-corrected chi connectivity index (χ0v) is 12.3. The second-order valence-electron chi connectivity index (χ2n) is 5.65. The Morgan fingerprint density at radius 1 is 1.21 bits per heavy atom. The lowest BCUT2D eigenvalue weighted by Gasteiger charge is -2.17. The fourth-order valence-electron chi connectivity index (χ4n) is 3.10. The Bertz CT molecular complexity index is 408. The summed E-state index contributed by atoms with van der Waals surface area (Å²) in [5.41, 5.74) is 4.64. The lowest BCUT2D eigenvalue weighted by atomic mass is 9.97. The van der Waals surface area contributed by atoms with Crippen LogP contribution in [0.1, 0.15) is 61.3 Å². The molecule has 0 fully saturated rings. The van der Waals surface area contributed by atoms with Crippen LogP contribution in [-0.2, 0) is 12.8 Å². The van der Waals surface area contributed by atoms with Crippen LogP contribution in [0.2, 0.25) is 0 Å². The van der Waals surface area contributed by atoms with E-state index in [1.807, 2.05) is 6.08 Å². The second kappa shape index (κ2) is 7.49. The van der Waals surface area contributed by atoms with E-state index < -0.39 is 0 Å². The van der Waals surface area contributed by atoms with Gasteiger partial charge in [-0.15, -0.1) is 6.58 Å². The van der Waals surface area contributed by atoms with E-state index in [9.17, 15) is 0 Å². The molecule has 2 rings (SSSR count). The molecule has 0 saturated heterocycles. The minimum absolute atomic E-state index is 0.523. The van der Waals surface area contributed by atoms with Crippen LogP contribution in [0.4, 0.5) is 0 Å². The molecule has 0 heterocycles. The molecule has 1 heteroatoms. The van der Waals surface area contributed by atoms with E-state index in [0.29, 0.717) is 6.04 Å². The summed E-state index contributed by atoms with van der Waals surface area (Å²) in [5, 5.41) is 3.48. The van der Waals surface area contributed by atoms with E-state index in [1.54, 1.807) is 11.1 Å². The van der Waals surface area contributed by atoms with Gasteiger partial charge in [-0.2, -0.15) is 0 Å². The molecule has 1 aromatic carbocycles. The number of nitrogens with one attached hydrogen (secondary N) is 1. The highest BCUT2D eigenvalue weighted by atomic mass is 14.9. The van der Waals surface area contributed by atoms with Crippen molar-refractivity contribution in [3.63, 3.8) is 0 Å². The Balaban J connectivity index is 1.88. The first-order valence-electron chi connectivity index (χ1n) is 7.75. The summed E-state index contributed by atoms with van der Waals surface area (Å²) >= 11 is 0. The highest BCUT2D eigenvalue weighted by Gasteiger charge is 2.14. The molecule has 0 radical (unpaired) electrons. The first-order valence-corrected chi connectivity index (χ1v) is 7.75. The van der Waals surface area contributed by atoms with E-state index in [-0.39, 0.29) is 0 Å². The molecule has 0 bridgehead atoms. The number of rotatable bonds is 8. The number of hydrogen-bond acceptors (Lipinski definition) is 1. The van der Waals surface area contributed by atoms with Crippen LogP contribution in [0.25, 0.3) is 0 Å². The van der Waals surface area contributed by atoms with Gasteiger partial charge in [0.1, 0.15) is 0 Å². The third kappa shape index (κ3) is 3.94. The Labute approximate surface area is 118 Å². The third-order valence-corrected chi connectivity index (χ3v) is 4.27. The molecule has 1 unspecified atom stereocenters. The number of unbranched alkanes of at least 4 members (excludes halogenated alkanes) is 3. The van der Waals surface area contributed by atoms with E-state index in [2.05, 4.69) is 37.1 Å². The maximum Gasteiger partial charge on any atom is 0.0317 e. The van der Waals surface area contributed by atoms with Gasteiger partial charge < -0.3 is 5.32 Å². The van der Waals surface area contributed by atoms with Gasteiger partial charge in [0.15, 0.2) is 0 Å². The molecule has 0 aliphatic heterocycles. The highest BCUT2D eigenvalue weighted by molar-refractivity contribution is 5.36. The molecule has 1 N–H and O–H groups in total. The number of hydrogen-bond donors (Lipinski definition) is 1. The summed E-state index contributed by atoms with van der Waals surface area (Å²) in [7, 11) is 2.08. The van der Waals surface area contributed by atoms with Crippen molar-refractivity contribution in [3.8, 4) is 0 Å². The van der Waals surface area contributed by atoms with Crippen LogP contribution < -0.4 is 5.32 Å². The molecule has 19 heavy (non-hydrogen) atoms. The molecule has 0 amide bonds. The van der Waals surface area contributed by atoms with Gasteiger partial charge in [-0.1, -0.05) is 37.1 Å².